The normalized spacial score (nSPS) is 11.2. The molecule has 3 aromatic rings. The number of phenols is 2. The molecule has 0 bridgehead atoms. The Bertz CT molecular complexity index is 652. The first-order valence-corrected chi connectivity index (χ1v) is 4.59. The molecule has 0 fully saturated rings. The van der Waals surface area contributed by atoms with E-state index in [-0.39, 0.29) is 11.5 Å². The molecule has 0 radical (unpaired) electrons. The van der Waals surface area contributed by atoms with Crippen molar-refractivity contribution in [1.82, 2.24) is 0 Å². The van der Waals surface area contributed by atoms with Crippen molar-refractivity contribution in [2.45, 2.75) is 0 Å². The van der Waals surface area contributed by atoms with Crippen LogP contribution >= 0.6 is 0 Å². The first kappa shape index (κ1) is 8.17. The van der Waals surface area contributed by atoms with Gasteiger partial charge in [-0.1, -0.05) is 18.2 Å². The topological polar surface area (TPSA) is 53.6 Å². The minimum Gasteiger partial charge on any atom is -0.507 e. The fraction of sp³-hybridized carbons (Fsp3) is 0. The summed E-state index contributed by atoms with van der Waals surface area (Å²) in [5.74, 6) is 0.250. The highest BCUT2D eigenvalue weighted by Gasteiger charge is 2.12. The molecule has 0 unspecified atom stereocenters. The molecule has 3 nitrogen and oxygen atoms in total. The van der Waals surface area contributed by atoms with Crippen molar-refractivity contribution in [1.29, 1.82) is 0 Å². The van der Waals surface area contributed by atoms with Crippen LogP contribution in [-0.4, -0.2) is 10.2 Å². The van der Waals surface area contributed by atoms with Gasteiger partial charge in [0.2, 0.25) is 0 Å². The van der Waals surface area contributed by atoms with Gasteiger partial charge in [-0.05, 0) is 18.2 Å². The second-order valence-corrected chi connectivity index (χ2v) is 3.41. The predicted octanol–water partition coefficient (Wildman–Crippen LogP) is 3.00. The van der Waals surface area contributed by atoms with E-state index in [1.807, 2.05) is 0 Å². The van der Waals surface area contributed by atoms with E-state index >= 15 is 0 Å². The number of fused-ring (bicyclic) bond motifs is 3. The first-order chi connectivity index (χ1) is 7.27. The Balaban J connectivity index is 2.65. The molecular formula is C12H8O3. The van der Waals surface area contributed by atoms with Crippen molar-refractivity contribution in [2.75, 3.05) is 0 Å². The molecular weight excluding hydrogens is 192 g/mol. The summed E-state index contributed by atoms with van der Waals surface area (Å²) in [7, 11) is 0. The van der Waals surface area contributed by atoms with Crippen LogP contribution in [0.25, 0.3) is 21.9 Å². The number of hydrogen-bond donors (Lipinski definition) is 2. The molecule has 0 saturated heterocycles. The van der Waals surface area contributed by atoms with Gasteiger partial charge < -0.3 is 14.6 Å². The molecule has 0 spiro atoms. The van der Waals surface area contributed by atoms with E-state index in [1.165, 1.54) is 0 Å². The second-order valence-electron chi connectivity index (χ2n) is 3.41. The molecule has 0 aliphatic carbocycles. The van der Waals surface area contributed by atoms with Crippen molar-refractivity contribution >= 4 is 21.9 Å². The summed E-state index contributed by atoms with van der Waals surface area (Å²) in [5.41, 5.74) is 0.987. The SMILES string of the molecule is Oc1cccc2c1oc1cccc(O)c12. The number of furan rings is 1. The molecule has 0 saturated carbocycles. The molecule has 2 N–H and O–H groups in total. The zero-order valence-electron chi connectivity index (χ0n) is 7.77. The van der Waals surface area contributed by atoms with Crippen molar-refractivity contribution in [3.63, 3.8) is 0 Å². The molecule has 3 rings (SSSR count). The van der Waals surface area contributed by atoms with Crippen LogP contribution in [0.4, 0.5) is 0 Å². The number of hydrogen-bond acceptors (Lipinski definition) is 3. The lowest BCUT2D eigenvalue weighted by molar-refractivity contribution is 0.468. The van der Waals surface area contributed by atoms with Crippen LogP contribution in [0, 0.1) is 0 Å². The van der Waals surface area contributed by atoms with Crippen LogP contribution in [0.1, 0.15) is 0 Å². The second kappa shape index (κ2) is 2.67. The summed E-state index contributed by atoms with van der Waals surface area (Å²) in [6.07, 6.45) is 0. The predicted molar refractivity (Wildman–Crippen MR) is 57.0 cm³/mol. The van der Waals surface area contributed by atoms with E-state index in [2.05, 4.69) is 0 Å². The monoisotopic (exact) mass is 200 g/mol. The summed E-state index contributed by atoms with van der Waals surface area (Å²) in [5, 5.41) is 20.7. The van der Waals surface area contributed by atoms with Crippen molar-refractivity contribution in [3.05, 3.63) is 36.4 Å². The molecule has 0 aliphatic rings. The molecule has 1 heterocycles. The summed E-state index contributed by atoms with van der Waals surface area (Å²) in [6, 6.07) is 10.1. The van der Waals surface area contributed by atoms with E-state index in [4.69, 9.17) is 4.42 Å². The fourth-order valence-electron chi connectivity index (χ4n) is 1.81. The maximum atomic E-state index is 9.71. The zero-order valence-corrected chi connectivity index (χ0v) is 7.77. The number of benzene rings is 2. The highest BCUT2D eigenvalue weighted by molar-refractivity contribution is 6.09. The first-order valence-electron chi connectivity index (χ1n) is 4.59. The molecule has 2 aromatic carbocycles. The molecule has 3 heteroatoms. The molecule has 0 atom stereocenters. The molecule has 74 valence electrons. The maximum Gasteiger partial charge on any atom is 0.177 e. The van der Waals surface area contributed by atoms with Gasteiger partial charge in [0.15, 0.2) is 11.3 Å². The summed E-state index contributed by atoms with van der Waals surface area (Å²) < 4.78 is 5.45. The number of aromatic hydroxyl groups is 2. The van der Waals surface area contributed by atoms with Gasteiger partial charge in [0.05, 0.1) is 5.39 Å². The average molecular weight is 200 g/mol. The van der Waals surface area contributed by atoms with E-state index in [0.717, 1.165) is 5.39 Å². The standard InChI is InChI=1S/C12H8O3/c13-8-4-2-6-10-11(8)7-3-1-5-9(14)12(7)15-10/h1-6,13-14H. The van der Waals surface area contributed by atoms with Crippen LogP contribution in [0.3, 0.4) is 0 Å². The highest BCUT2D eigenvalue weighted by Crippen LogP contribution is 2.37. The van der Waals surface area contributed by atoms with Crippen molar-refractivity contribution in [2.24, 2.45) is 0 Å². The van der Waals surface area contributed by atoms with E-state index in [9.17, 15) is 10.2 Å². The lowest BCUT2D eigenvalue weighted by atomic mass is 10.1. The van der Waals surface area contributed by atoms with Gasteiger partial charge in [-0.25, -0.2) is 0 Å². The zero-order chi connectivity index (χ0) is 10.4. The van der Waals surface area contributed by atoms with Crippen LogP contribution in [0.2, 0.25) is 0 Å². The fourth-order valence-corrected chi connectivity index (χ4v) is 1.81. The summed E-state index contributed by atoms with van der Waals surface area (Å²) >= 11 is 0. The Kier molecular flexibility index (Phi) is 1.45. The minimum absolute atomic E-state index is 0.0862. The van der Waals surface area contributed by atoms with Crippen LogP contribution in [0.5, 0.6) is 11.5 Å². The molecule has 0 amide bonds. The lowest BCUT2D eigenvalue weighted by Crippen LogP contribution is -1.68. The van der Waals surface area contributed by atoms with Crippen molar-refractivity contribution in [3.8, 4) is 11.5 Å². The molecule has 15 heavy (non-hydrogen) atoms. The van der Waals surface area contributed by atoms with Gasteiger partial charge in [-0.3, -0.25) is 0 Å². The smallest absolute Gasteiger partial charge is 0.177 e. The third-order valence-corrected chi connectivity index (χ3v) is 2.48. The maximum absolute atomic E-state index is 9.71. The summed E-state index contributed by atoms with van der Waals surface area (Å²) in [6.45, 7) is 0. The van der Waals surface area contributed by atoms with Crippen LogP contribution < -0.4 is 0 Å². The molecule has 1 aromatic heterocycles. The van der Waals surface area contributed by atoms with Gasteiger partial charge in [0, 0.05) is 5.39 Å². The Morgan fingerprint density at radius 3 is 2.47 bits per heavy atom. The van der Waals surface area contributed by atoms with Crippen LogP contribution in [0.15, 0.2) is 40.8 Å². The highest BCUT2D eigenvalue weighted by atomic mass is 16.4. The number of para-hydroxylation sites is 1. The third-order valence-electron chi connectivity index (χ3n) is 2.48. The number of phenolic OH excluding ortho intramolecular Hbond substituents is 2. The Morgan fingerprint density at radius 2 is 1.60 bits per heavy atom. The van der Waals surface area contributed by atoms with Crippen LogP contribution in [-0.2, 0) is 0 Å². The Labute approximate surface area is 85.2 Å². The number of rotatable bonds is 0. The lowest BCUT2D eigenvalue weighted by Gasteiger charge is -1.93. The van der Waals surface area contributed by atoms with Gasteiger partial charge in [0.25, 0.3) is 0 Å². The summed E-state index contributed by atoms with van der Waals surface area (Å²) in [4.78, 5) is 0. The Hall–Kier alpha value is -2.16. The Morgan fingerprint density at radius 1 is 0.867 bits per heavy atom. The minimum atomic E-state index is 0.0862. The van der Waals surface area contributed by atoms with Crippen molar-refractivity contribution < 1.29 is 14.6 Å². The van der Waals surface area contributed by atoms with E-state index in [0.29, 0.717) is 16.6 Å². The van der Waals surface area contributed by atoms with Gasteiger partial charge in [0.1, 0.15) is 11.3 Å². The van der Waals surface area contributed by atoms with E-state index < -0.39 is 0 Å². The van der Waals surface area contributed by atoms with Gasteiger partial charge in [-0.15, -0.1) is 0 Å². The third kappa shape index (κ3) is 1.00. The quantitative estimate of drug-likeness (QED) is 0.586. The largest absolute Gasteiger partial charge is 0.507 e. The van der Waals surface area contributed by atoms with Gasteiger partial charge in [-0.2, -0.15) is 0 Å². The van der Waals surface area contributed by atoms with E-state index in [1.54, 1.807) is 36.4 Å². The van der Waals surface area contributed by atoms with Gasteiger partial charge >= 0.3 is 0 Å². The molecule has 0 aliphatic heterocycles. The average Bonchev–Trinajstić information content (AvgIpc) is 2.59.